The number of hydrogen-bond acceptors (Lipinski definition) is 5. The van der Waals surface area contributed by atoms with Crippen LogP contribution in [0.4, 0.5) is 5.95 Å². The van der Waals surface area contributed by atoms with Gasteiger partial charge in [0.25, 0.3) is 11.5 Å². The van der Waals surface area contributed by atoms with Gasteiger partial charge >= 0.3 is 0 Å². The van der Waals surface area contributed by atoms with Crippen LogP contribution in [0.1, 0.15) is 32.8 Å². The summed E-state index contributed by atoms with van der Waals surface area (Å²) in [5.41, 5.74) is 8.00. The largest absolute Gasteiger partial charge is 0.272 e. The maximum atomic E-state index is 13.5. The monoisotopic (exact) mass is 450 g/mol. The van der Waals surface area contributed by atoms with E-state index in [0.29, 0.717) is 33.3 Å². The first-order valence-corrected chi connectivity index (χ1v) is 11.2. The minimum atomic E-state index is -0.342. The summed E-state index contributed by atoms with van der Waals surface area (Å²) in [6.45, 7) is 0.354. The number of fused-ring (bicyclic) bond motifs is 3. The number of aryl methyl sites for hydroxylation is 2. The Labute approximate surface area is 187 Å². The number of halogens is 1. The Morgan fingerprint density at radius 1 is 1.10 bits per heavy atom. The van der Waals surface area contributed by atoms with Crippen LogP contribution in [0.3, 0.4) is 0 Å². The normalized spacial score (nSPS) is 12.7. The summed E-state index contributed by atoms with van der Waals surface area (Å²) < 4.78 is 1.59. The number of hydrazine groups is 1. The highest BCUT2D eigenvalue weighted by Crippen LogP contribution is 2.35. The molecule has 1 aliphatic carbocycles. The van der Waals surface area contributed by atoms with Crippen molar-refractivity contribution in [2.45, 2.75) is 25.8 Å². The molecule has 6 nitrogen and oxygen atoms in total. The van der Waals surface area contributed by atoms with Gasteiger partial charge in [-0.25, -0.2) is 4.98 Å². The molecule has 0 spiro atoms. The molecule has 2 N–H and O–H groups in total. The van der Waals surface area contributed by atoms with Crippen LogP contribution in [0.2, 0.25) is 5.02 Å². The van der Waals surface area contributed by atoms with Crippen LogP contribution in [0.5, 0.6) is 0 Å². The molecule has 31 heavy (non-hydrogen) atoms. The second kappa shape index (κ2) is 8.17. The first kappa shape index (κ1) is 19.8. The molecule has 2 aromatic carbocycles. The van der Waals surface area contributed by atoms with Gasteiger partial charge in [0.15, 0.2) is 0 Å². The van der Waals surface area contributed by atoms with Crippen molar-refractivity contribution in [3.8, 4) is 0 Å². The lowest BCUT2D eigenvalue weighted by Crippen LogP contribution is -2.34. The number of anilines is 1. The molecule has 2 aromatic heterocycles. The highest BCUT2D eigenvalue weighted by Gasteiger charge is 2.23. The van der Waals surface area contributed by atoms with E-state index in [2.05, 4.69) is 10.9 Å². The fourth-order valence-corrected chi connectivity index (χ4v) is 5.25. The van der Waals surface area contributed by atoms with E-state index in [-0.39, 0.29) is 11.5 Å². The average Bonchev–Trinajstić information content (AvgIpc) is 3.36. The van der Waals surface area contributed by atoms with E-state index in [1.807, 2.05) is 30.3 Å². The number of rotatable bonds is 5. The van der Waals surface area contributed by atoms with Crippen molar-refractivity contribution in [3.05, 3.63) is 91.5 Å². The summed E-state index contributed by atoms with van der Waals surface area (Å²) in [6.07, 6.45) is 2.98. The lowest BCUT2D eigenvalue weighted by Gasteiger charge is -2.15. The van der Waals surface area contributed by atoms with Crippen LogP contribution in [-0.4, -0.2) is 15.5 Å². The lowest BCUT2D eigenvalue weighted by molar-refractivity contribution is 0.0962. The zero-order valence-corrected chi connectivity index (χ0v) is 18.1. The maximum Gasteiger partial charge on any atom is 0.269 e. The molecular formula is C23H19ClN4O2S. The van der Waals surface area contributed by atoms with E-state index >= 15 is 0 Å². The summed E-state index contributed by atoms with van der Waals surface area (Å²) in [5, 5.41) is 1.27. The maximum absolute atomic E-state index is 13.5. The van der Waals surface area contributed by atoms with E-state index in [1.165, 1.54) is 4.88 Å². The fourth-order valence-electron chi connectivity index (χ4n) is 3.87. The molecule has 5 rings (SSSR count). The van der Waals surface area contributed by atoms with Gasteiger partial charge in [0.1, 0.15) is 4.83 Å². The second-order valence-electron chi connectivity index (χ2n) is 7.44. The number of nitrogens with one attached hydrogen (secondary N) is 2. The molecule has 0 saturated carbocycles. The third kappa shape index (κ3) is 3.82. The van der Waals surface area contributed by atoms with Crippen LogP contribution >= 0.6 is 22.9 Å². The number of benzene rings is 2. The van der Waals surface area contributed by atoms with Crippen LogP contribution in [-0.2, 0) is 19.4 Å². The van der Waals surface area contributed by atoms with E-state index in [9.17, 15) is 9.59 Å². The Hall–Kier alpha value is -3.16. The Morgan fingerprint density at radius 2 is 1.87 bits per heavy atom. The number of hydrogen-bond donors (Lipinski definition) is 2. The van der Waals surface area contributed by atoms with Gasteiger partial charge in [-0.3, -0.25) is 25.0 Å². The molecule has 0 aliphatic heterocycles. The van der Waals surface area contributed by atoms with Crippen molar-refractivity contribution >= 4 is 45.0 Å². The van der Waals surface area contributed by atoms with Crippen LogP contribution in [0.25, 0.3) is 10.2 Å². The van der Waals surface area contributed by atoms with Gasteiger partial charge in [-0.15, -0.1) is 11.3 Å². The lowest BCUT2D eigenvalue weighted by atomic mass is 10.2. The van der Waals surface area contributed by atoms with Gasteiger partial charge in [-0.1, -0.05) is 41.9 Å². The number of nitrogens with zero attached hydrogens (tertiary/aromatic N) is 2. The Bertz CT molecular complexity index is 1330. The van der Waals surface area contributed by atoms with Crippen LogP contribution in [0, 0.1) is 0 Å². The van der Waals surface area contributed by atoms with Gasteiger partial charge < -0.3 is 0 Å². The summed E-state index contributed by atoms with van der Waals surface area (Å²) >= 11 is 7.47. The molecule has 4 aromatic rings. The number of carbonyl (C=O) groups excluding carboxylic acids is 1. The standard InChI is InChI=1S/C23H19ClN4O2S/c24-16-11-9-15(10-12-16)20(29)26-27-23-25-21-19(17-7-4-8-18(17)31-21)22(30)28(23)13-14-5-2-1-3-6-14/h1-3,5-6,9-12H,4,7-8,13H2,(H,25,27)(H,26,29). The van der Waals surface area contributed by atoms with Gasteiger partial charge in [0.2, 0.25) is 5.95 Å². The van der Waals surface area contributed by atoms with Crippen molar-refractivity contribution in [1.29, 1.82) is 0 Å². The van der Waals surface area contributed by atoms with Gasteiger partial charge in [0.05, 0.1) is 11.9 Å². The van der Waals surface area contributed by atoms with Crippen molar-refractivity contribution < 1.29 is 4.79 Å². The molecular weight excluding hydrogens is 432 g/mol. The molecule has 156 valence electrons. The SMILES string of the molecule is O=C(NNc1nc2sc3c(c2c(=O)n1Cc1ccccc1)CCC3)c1ccc(Cl)cc1. The molecule has 2 heterocycles. The quantitative estimate of drug-likeness (QED) is 0.442. The molecule has 1 aliphatic rings. The van der Waals surface area contributed by atoms with E-state index in [1.54, 1.807) is 40.2 Å². The van der Waals surface area contributed by atoms with Crippen molar-refractivity contribution in [1.82, 2.24) is 15.0 Å². The summed E-state index contributed by atoms with van der Waals surface area (Å²) in [4.78, 5) is 32.7. The minimum absolute atomic E-state index is 0.0866. The predicted octanol–water partition coefficient (Wildman–Crippen LogP) is 4.41. The molecule has 0 radical (unpaired) electrons. The van der Waals surface area contributed by atoms with E-state index in [4.69, 9.17) is 16.6 Å². The molecule has 8 heteroatoms. The highest BCUT2D eigenvalue weighted by atomic mass is 35.5. The van der Waals surface area contributed by atoms with Crippen molar-refractivity contribution in [2.24, 2.45) is 0 Å². The first-order valence-electron chi connectivity index (χ1n) is 10.0. The second-order valence-corrected chi connectivity index (χ2v) is 8.96. The fraction of sp³-hybridized carbons (Fsp3) is 0.174. The molecule has 0 unspecified atom stereocenters. The third-order valence-electron chi connectivity index (χ3n) is 5.40. The van der Waals surface area contributed by atoms with E-state index < -0.39 is 0 Å². The predicted molar refractivity (Wildman–Crippen MR) is 124 cm³/mol. The number of carbonyl (C=O) groups is 1. The minimum Gasteiger partial charge on any atom is -0.272 e. The first-order chi connectivity index (χ1) is 15.1. The summed E-state index contributed by atoms with van der Waals surface area (Å²) in [6, 6.07) is 16.3. The molecule has 0 bridgehead atoms. The number of thiophene rings is 1. The van der Waals surface area contributed by atoms with Gasteiger partial charge in [-0.05, 0) is 54.7 Å². The van der Waals surface area contributed by atoms with Crippen molar-refractivity contribution in [2.75, 3.05) is 5.43 Å². The molecule has 0 saturated heterocycles. The zero-order valence-electron chi connectivity index (χ0n) is 16.5. The molecule has 0 fully saturated rings. The Kier molecular flexibility index (Phi) is 5.21. The van der Waals surface area contributed by atoms with Gasteiger partial charge in [-0.2, -0.15) is 0 Å². The molecule has 0 atom stereocenters. The Morgan fingerprint density at radius 3 is 2.65 bits per heavy atom. The smallest absolute Gasteiger partial charge is 0.269 e. The van der Waals surface area contributed by atoms with Gasteiger partial charge in [0, 0.05) is 15.5 Å². The number of aromatic nitrogens is 2. The number of amides is 1. The topological polar surface area (TPSA) is 76.0 Å². The summed E-state index contributed by atoms with van der Waals surface area (Å²) in [5.74, 6) is -0.0328. The van der Waals surface area contributed by atoms with Crippen LogP contribution < -0.4 is 16.4 Å². The Balaban J connectivity index is 1.52. The third-order valence-corrected chi connectivity index (χ3v) is 6.84. The van der Waals surface area contributed by atoms with Crippen LogP contribution in [0.15, 0.2) is 59.4 Å². The highest BCUT2D eigenvalue weighted by molar-refractivity contribution is 7.18. The average molecular weight is 451 g/mol. The zero-order chi connectivity index (χ0) is 21.4. The molecule has 1 amide bonds. The van der Waals surface area contributed by atoms with Crippen molar-refractivity contribution in [3.63, 3.8) is 0 Å². The van der Waals surface area contributed by atoms with E-state index in [0.717, 1.165) is 30.4 Å². The summed E-state index contributed by atoms with van der Waals surface area (Å²) in [7, 11) is 0.